The molecule has 3 nitrogen and oxygen atoms in total. The molecule has 0 aromatic carbocycles. The first-order valence-corrected chi connectivity index (χ1v) is 4.29. The van der Waals surface area contributed by atoms with Gasteiger partial charge in [-0.05, 0) is 25.0 Å². The molecule has 3 N–H and O–H groups in total. The molecule has 0 aliphatic rings. The van der Waals surface area contributed by atoms with E-state index < -0.39 is 0 Å². The van der Waals surface area contributed by atoms with Gasteiger partial charge in [-0.15, -0.1) is 0 Å². The van der Waals surface area contributed by atoms with Crippen LogP contribution < -0.4 is 11.3 Å². The number of hydrogen-bond acceptors (Lipinski definition) is 3. The minimum atomic E-state index is 0.739. The van der Waals surface area contributed by atoms with Crippen molar-refractivity contribution in [2.45, 2.75) is 26.2 Å². The minimum Gasteiger partial charge on any atom is -0.308 e. The number of aromatic nitrogens is 1. The third kappa shape index (κ3) is 2.51. The van der Waals surface area contributed by atoms with E-state index in [0.717, 1.165) is 17.9 Å². The van der Waals surface area contributed by atoms with Crippen molar-refractivity contribution < 1.29 is 0 Å². The molecule has 0 spiro atoms. The molecule has 0 aliphatic heterocycles. The molecule has 0 amide bonds. The van der Waals surface area contributed by atoms with Crippen LogP contribution in [-0.4, -0.2) is 4.98 Å². The highest BCUT2D eigenvalue weighted by molar-refractivity contribution is 5.33. The Bertz CT molecular complexity index is 235. The SMILES string of the molecule is CCCCc1cccc(NN)n1. The zero-order chi connectivity index (χ0) is 8.81. The van der Waals surface area contributed by atoms with E-state index in [2.05, 4.69) is 17.3 Å². The molecule has 0 saturated heterocycles. The Labute approximate surface area is 73.0 Å². The van der Waals surface area contributed by atoms with Crippen LogP contribution in [0.5, 0.6) is 0 Å². The van der Waals surface area contributed by atoms with E-state index in [4.69, 9.17) is 5.84 Å². The molecule has 12 heavy (non-hydrogen) atoms. The first-order chi connectivity index (χ1) is 5.86. The average Bonchev–Trinajstić information content (AvgIpc) is 2.15. The van der Waals surface area contributed by atoms with Crippen molar-refractivity contribution in [3.8, 4) is 0 Å². The van der Waals surface area contributed by atoms with Crippen LogP contribution in [0.25, 0.3) is 0 Å². The van der Waals surface area contributed by atoms with Gasteiger partial charge in [-0.2, -0.15) is 0 Å². The summed E-state index contributed by atoms with van der Waals surface area (Å²) in [6, 6.07) is 5.85. The Balaban J connectivity index is 2.60. The maximum atomic E-state index is 5.23. The zero-order valence-corrected chi connectivity index (χ0v) is 7.38. The number of hydrogen-bond donors (Lipinski definition) is 2. The largest absolute Gasteiger partial charge is 0.308 e. The summed E-state index contributed by atoms with van der Waals surface area (Å²) in [7, 11) is 0. The Morgan fingerprint density at radius 3 is 3.00 bits per heavy atom. The van der Waals surface area contributed by atoms with Crippen LogP contribution >= 0.6 is 0 Å². The van der Waals surface area contributed by atoms with Gasteiger partial charge in [-0.25, -0.2) is 10.8 Å². The highest BCUT2D eigenvalue weighted by Crippen LogP contribution is 2.05. The molecule has 0 bridgehead atoms. The number of pyridine rings is 1. The van der Waals surface area contributed by atoms with Crippen LogP contribution in [0.1, 0.15) is 25.5 Å². The number of aryl methyl sites for hydroxylation is 1. The highest BCUT2D eigenvalue weighted by atomic mass is 15.2. The standard InChI is InChI=1S/C9H15N3/c1-2-3-5-8-6-4-7-9(11-8)12-10/h4,6-7H,2-3,5,10H2,1H3,(H,11,12). The molecular weight excluding hydrogens is 150 g/mol. The summed E-state index contributed by atoms with van der Waals surface area (Å²) in [6.45, 7) is 2.17. The lowest BCUT2D eigenvalue weighted by Gasteiger charge is -2.01. The van der Waals surface area contributed by atoms with E-state index in [1.165, 1.54) is 12.8 Å². The van der Waals surface area contributed by atoms with Gasteiger partial charge in [-0.1, -0.05) is 19.4 Å². The quantitative estimate of drug-likeness (QED) is 0.527. The van der Waals surface area contributed by atoms with Gasteiger partial charge in [0.05, 0.1) is 0 Å². The van der Waals surface area contributed by atoms with Crippen LogP contribution in [0.15, 0.2) is 18.2 Å². The Hall–Kier alpha value is -1.09. The summed E-state index contributed by atoms with van der Waals surface area (Å²) in [5.41, 5.74) is 3.64. The van der Waals surface area contributed by atoms with Crippen molar-refractivity contribution in [3.05, 3.63) is 23.9 Å². The number of hydrazine groups is 1. The number of nitrogen functional groups attached to an aromatic ring is 1. The normalized spacial score (nSPS) is 9.83. The predicted molar refractivity (Wildman–Crippen MR) is 50.7 cm³/mol. The fraction of sp³-hybridized carbons (Fsp3) is 0.444. The van der Waals surface area contributed by atoms with Gasteiger partial charge in [0, 0.05) is 5.69 Å². The number of nitrogens with one attached hydrogen (secondary N) is 1. The number of nitrogens with two attached hydrogens (primary N) is 1. The molecule has 0 saturated carbocycles. The van der Waals surface area contributed by atoms with Gasteiger partial charge in [-0.3, -0.25) is 0 Å². The van der Waals surface area contributed by atoms with Crippen LogP contribution in [-0.2, 0) is 6.42 Å². The van der Waals surface area contributed by atoms with Crippen molar-refractivity contribution >= 4 is 5.82 Å². The van der Waals surface area contributed by atoms with Gasteiger partial charge in [0.15, 0.2) is 0 Å². The minimum absolute atomic E-state index is 0.739. The van der Waals surface area contributed by atoms with E-state index in [1.54, 1.807) is 0 Å². The molecule has 0 unspecified atom stereocenters. The maximum absolute atomic E-state index is 5.23. The molecular formula is C9H15N3. The van der Waals surface area contributed by atoms with Gasteiger partial charge in [0.2, 0.25) is 0 Å². The molecule has 1 rings (SSSR count). The van der Waals surface area contributed by atoms with Crippen molar-refractivity contribution in [1.29, 1.82) is 0 Å². The van der Waals surface area contributed by atoms with Crippen molar-refractivity contribution in [2.24, 2.45) is 5.84 Å². The molecule has 3 heteroatoms. The summed E-state index contributed by atoms with van der Waals surface area (Å²) in [5, 5.41) is 0. The maximum Gasteiger partial charge on any atom is 0.140 e. The number of nitrogens with zero attached hydrogens (tertiary/aromatic N) is 1. The Kier molecular flexibility index (Phi) is 3.54. The summed E-state index contributed by atoms with van der Waals surface area (Å²) >= 11 is 0. The second-order valence-corrected chi connectivity index (χ2v) is 2.76. The van der Waals surface area contributed by atoms with Crippen molar-refractivity contribution in [2.75, 3.05) is 5.43 Å². The average molecular weight is 165 g/mol. The number of unbranched alkanes of at least 4 members (excludes halogenated alkanes) is 1. The summed E-state index contributed by atoms with van der Waals surface area (Å²) in [6.07, 6.45) is 3.41. The van der Waals surface area contributed by atoms with E-state index in [9.17, 15) is 0 Å². The Morgan fingerprint density at radius 2 is 2.33 bits per heavy atom. The van der Waals surface area contributed by atoms with Crippen LogP contribution in [0.3, 0.4) is 0 Å². The third-order valence-electron chi connectivity index (χ3n) is 1.74. The van der Waals surface area contributed by atoms with E-state index in [-0.39, 0.29) is 0 Å². The van der Waals surface area contributed by atoms with Gasteiger partial charge in [0.1, 0.15) is 5.82 Å². The van der Waals surface area contributed by atoms with Crippen molar-refractivity contribution in [3.63, 3.8) is 0 Å². The lowest BCUT2D eigenvalue weighted by atomic mass is 10.2. The van der Waals surface area contributed by atoms with Crippen LogP contribution in [0.4, 0.5) is 5.82 Å². The lowest BCUT2D eigenvalue weighted by molar-refractivity contribution is 0.777. The van der Waals surface area contributed by atoms with Crippen molar-refractivity contribution in [1.82, 2.24) is 4.98 Å². The van der Waals surface area contributed by atoms with E-state index in [0.29, 0.717) is 0 Å². The predicted octanol–water partition coefficient (Wildman–Crippen LogP) is 1.71. The molecule has 1 aromatic rings. The molecule has 0 radical (unpaired) electrons. The van der Waals surface area contributed by atoms with Crippen LogP contribution in [0.2, 0.25) is 0 Å². The summed E-state index contributed by atoms with van der Waals surface area (Å²) in [5.74, 6) is 5.97. The number of anilines is 1. The second kappa shape index (κ2) is 4.72. The summed E-state index contributed by atoms with van der Waals surface area (Å²) < 4.78 is 0. The van der Waals surface area contributed by atoms with Gasteiger partial charge in [0.25, 0.3) is 0 Å². The van der Waals surface area contributed by atoms with Crippen LogP contribution in [0, 0.1) is 0 Å². The van der Waals surface area contributed by atoms with E-state index >= 15 is 0 Å². The smallest absolute Gasteiger partial charge is 0.140 e. The fourth-order valence-electron chi connectivity index (χ4n) is 1.06. The molecule has 0 fully saturated rings. The highest BCUT2D eigenvalue weighted by Gasteiger charge is 1.94. The van der Waals surface area contributed by atoms with Gasteiger partial charge >= 0.3 is 0 Å². The first kappa shape index (κ1) is 9.00. The molecule has 0 atom stereocenters. The second-order valence-electron chi connectivity index (χ2n) is 2.76. The number of rotatable bonds is 4. The lowest BCUT2D eigenvalue weighted by Crippen LogP contribution is -2.09. The molecule has 1 aromatic heterocycles. The summed E-state index contributed by atoms with van der Waals surface area (Å²) in [4.78, 5) is 4.29. The first-order valence-electron chi connectivity index (χ1n) is 4.29. The Morgan fingerprint density at radius 1 is 1.50 bits per heavy atom. The molecule has 0 aliphatic carbocycles. The monoisotopic (exact) mass is 165 g/mol. The third-order valence-corrected chi connectivity index (χ3v) is 1.74. The zero-order valence-electron chi connectivity index (χ0n) is 7.38. The molecule has 1 heterocycles. The molecule has 66 valence electrons. The topological polar surface area (TPSA) is 50.9 Å². The fourth-order valence-corrected chi connectivity index (χ4v) is 1.06. The van der Waals surface area contributed by atoms with Gasteiger partial charge < -0.3 is 5.43 Å². The van der Waals surface area contributed by atoms with E-state index in [1.807, 2.05) is 18.2 Å².